The highest BCUT2D eigenvalue weighted by Gasteiger charge is 2.19. The second-order valence-corrected chi connectivity index (χ2v) is 4.56. The molecule has 18 heavy (non-hydrogen) atoms. The van der Waals surface area contributed by atoms with E-state index in [-0.39, 0.29) is 0 Å². The van der Waals surface area contributed by atoms with Gasteiger partial charge in [-0.05, 0) is 37.6 Å². The highest BCUT2D eigenvalue weighted by molar-refractivity contribution is 5.67. The van der Waals surface area contributed by atoms with Crippen LogP contribution in [-0.2, 0) is 0 Å². The minimum Gasteiger partial charge on any atom is -0.496 e. The van der Waals surface area contributed by atoms with Crippen molar-refractivity contribution in [2.45, 2.75) is 18.9 Å². The van der Waals surface area contributed by atoms with Gasteiger partial charge in [-0.15, -0.1) is 0 Å². The average Bonchev–Trinajstić information content (AvgIpc) is 3.09. The second-order valence-electron chi connectivity index (χ2n) is 4.56. The number of nitrogens with zero attached hydrogens (tertiary/aromatic N) is 1. The summed E-state index contributed by atoms with van der Waals surface area (Å²) in [5.41, 5.74) is 3.13. The molecule has 0 amide bonds. The third-order valence-corrected chi connectivity index (χ3v) is 3.42. The van der Waals surface area contributed by atoms with E-state index >= 15 is 0 Å². The van der Waals surface area contributed by atoms with Gasteiger partial charge in [-0.1, -0.05) is 12.1 Å². The summed E-state index contributed by atoms with van der Waals surface area (Å²) in [5.74, 6) is 0.856. The first kappa shape index (κ1) is 11.3. The largest absolute Gasteiger partial charge is 0.496 e. The maximum absolute atomic E-state index is 5.36. The summed E-state index contributed by atoms with van der Waals surface area (Å²) >= 11 is 0. The number of aromatic amines is 1. The van der Waals surface area contributed by atoms with E-state index < -0.39 is 0 Å². The van der Waals surface area contributed by atoms with Crippen LogP contribution in [0.4, 0.5) is 0 Å². The molecule has 1 aromatic heterocycles. The Hall–Kier alpha value is -1.81. The Labute approximate surface area is 106 Å². The average molecular weight is 243 g/mol. The molecule has 0 bridgehead atoms. The molecule has 2 heterocycles. The number of benzene rings is 1. The summed E-state index contributed by atoms with van der Waals surface area (Å²) < 4.78 is 5.36. The minimum absolute atomic E-state index is 0.418. The molecule has 1 aromatic carbocycles. The van der Waals surface area contributed by atoms with Crippen LogP contribution in [0.1, 0.15) is 24.6 Å². The van der Waals surface area contributed by atoms with E-state index in [1.165, 1.54) is 12.8 Å². The van der Waals surface area contributed by atoms with Crippen molar-refractivity contribution in [3.63, 3.8) is 0 Å². The first-order valence-corrected chi connectivity index (χ1v) is 6.30. The summed E-state index contributed by atoms with van der Waals surface area (Å²) in [6.45, 7) is 1.09. The van der Waals surface area contributed by atoms with Gasteiger partial charge in [0.1, 0.15) is 5.75 Å². The number of methoxy groups -OCH3 is 1. The number of hydrogen-bond acceptors (Lipinski definition) is 3. The molecule has 1 aliphatic rings. The molecule has 0 radical (unpaired) electrons. The standard InChI is InChI=1S/C14H17N3O/c1-18-14-7-3-2-5-10(14)12-9-13(17-16-12)11-6-4-8-15-11/h2-3,5,7,9,11,15H,4,6,8H2,1H3,(H,16,17). The van der Waals surface area contributed by atoms with Crippen molar-refractivity contribution in [1.82, 2.24) is 15.5 Å². The highest BCUT2D eigenvalue weighted by Crippen LogP contribution is 2.30. The van der Waals surface area contributed by atoms with E-state index in [1.54, 1.807) is 7.11 Å². The Morgan fingerprint density at radius 3 is 3.00 bits per heavy atom. The molecular formula is C14H17N3O. The van der Waals surface area contributed by atoms with Gasteiger partial charge in [0.25, 0.3) is 0 Å². The van der Waals surface area contributed by atoms with Gasteiger partial charge in [0, 0.05) is 11.6 Å². The van der Waals surface area contributed by atoms with Crippen molar-refractivity contribution in [1.29, 1.82) is 0 Å². The van der Waals surface area contributed by atoms with Crippen LogP contribution in [0.15, 0.2) is 30.3 Å². The molecule has 2 N–H and O–H groups in total. The Balaban J connectivity index is 1.92. The summed E-state index contributed by atoms with van der Waals surface area (Å²) in [4.78, 5) is 0. The van der Waals surface area contributed by atoms with Crippen LogP contribution < -0.4 is 10.1 Å². The first-order valence-electron chi connectivity index (χ1n) is 6.30. The van der Waals surface area contributed by atoms with Crippen LogP contribution >= 0.6 is 0 Å². The SMILES string of the molecule is COc1ccccc1-c1cc(C2CCCN2)[nH]n1. The topological polar surface area (TPSA) is 49.9 Å². The Kier molecular flexibility index (Phi) is 3.02. The smallest absolute Gasteiger partial charge is 0.128 e. The number of H-pyrrole nitrogens is 1. The van der Waals surface area contributed by atoms with E-state index in [0.29, 0.717) is 6.04 Å². The van der Waals surface area contributed by atoms with Gasteiger partial charge in [0.2, 0.25) is 0 Å². The summed E-state index contributed by atoms with van der Waals surface area (Å²) in [7, 11) is 1.69. The minimum atomic E-state index is 0.418. The molecule has 94 valence electrons. The highest BCUT2D eigenvalue weighted by atomic mass is 16.5. The molecule has 0 saturated carbocycles. The number of nitrogens with one attached hydrogen (secondary N) is 2. The van der Waals surface area contributed by atoms with E-state index in [0.717, 1.165) is 29.2 Å². The molecule has 2 aromatic rings. The zero-order chi connectivity index (χ0) is 12.4. The normalized spacial score (nSPS) is 19.1. The van der Waals surface area contributed by atoms with Gasteiger partial charge in [-0.2, -0.15) is 5.10 Å². The summed E-state index contributed by atoms with van der Waals surface area (Å²) in [6, 6.07) is 10.5. The van der Waals surface area contributed by atoms with Crippen LogP contribution in [0.3, 0.4) is 0 Å². The van der Waals surface area contributed by atoms with Gasteiger partial charge in [-0.3, -0.25) is 5.10 Å². The third kappa shape index (κ3) is 1.99. The quantitative estimate of drug-likeness (QED) is 0.870. The van der Waals surface area contributed by atoms with Crippen molar-refractivity contribution >= 4 is 0 Å². The molecule has 1 aliphatic heterocycles. The lowest BCUT2D eigenvalue weighted by Crippen LogP contribution is -2.12. The number of ether oxygens (including phenoxy) is 1. The molecular weight excluding hydrogens is 226 g/mol. The molecule has 3 rings (SSSR count). The van der Waals surface area contributed by atoms with E-state index in [1.807, 2.05) is 24.3 Å². The van der Waals surface area contributed by atoms with E-state index in [4.69, 9.17) is 4.74 Å². The predicted octanol–water partition coefficient (Wildman–Crippen LogP) is 2.51. The third-order valence-electron chi connectivity index (χ3n) is 3.42. The van der Waals surface area contributed by atoms with Crippen molar-refractivity contribution in [3.05, 3.63) is 36.0 Å². The molecule has 4 heteroatoms. The van der Waals surface area contributed by atoms with E-state index in [9.17, 15) is 0 Å². The fourth-order valence-electron chi connectivity index (χ4n) is 2.46. The molecule has 4 nitrogen and oxygen atoms in total. The van der Waals surface area contributed by atoms with Crippen LogP contribution in [-0.4, -0.2) is 23.9 Å². The van der Waals surface area contributed by atoms with Crippen molar-refractivity contribution < 1.29 is 4.74 Å². The Morgan fingerprint density at radius 1 is 1.33 bits per heavy atom. The summed E-state index contributed by atoms with van der Waals surface area (Å²) in [6.07, 6.45) is 2.40. The fourth-order valence-corrected chi connectivity index (χ4v) is 2.46. The second kappa shape index (κ2) is 4.82. The zero-order valence-electron chi connectivity index (χ0n) is 10.4. The Bertz CT molecular complexity index is 529. The molecule has 1 saturated heterocycles. The maximum atomic E-state index is 5.36. The maximum Gasteiger partial charge on any atom is 0.128 e. The van der Waals surface area contributed by atoms with Gasteiger partial charge < -0.3 is 10.1 Å². The van der Waals surface area contributed by atoms with Gasteiger partial charge in [0.15, 0.2) is 0 Å². The van der Waals surface area contributed by atoms with Crippen molar-refractivity contribution in [3.8, 4) is 17.0 Å². The zero-order valence-corrected chi connectivity index (χ0v) is 10.4. The fraction of sp³-hybridized carbons (Fsp3) is 0.357. The van der Waals surface area contributed by atoms with Crippen LogP contribution in [0.2, 0.25) is 0 Å². The molecule has 1 fully saturated rings. The lowest BCUT2D eigenvalue weighted by atomic mass is 10.1. The van der Waals surface area contributed by atoms with Crippen molar-refractivity contribution in [2.75, 3.05) is 13.7 Å². The van der Waals surface area contributed by atoms with Crippen LogP contribution in [0, 0.1) is 0 Å². The molecule has 1 unspecified atom stereocenters. The molecule has 1 atom stereocenters. The van der Waals surface area contributed by atoms with Crippen molar-refractivity contribution in [2.24, 2.45) is 0 Å². The van der Waals surface area contributed by atoms with Gasteiger partial charge >= 0.3 is 0 Å². The first-order chi connectivity index (χ1) is 8.88. The van der Waals surface area contributed by atoms with Crippen LogP contribution in [0.5, 0.6) is 5.75 Å². The van der Waals surface area contributed by atoms with Crippen LogP contribution in [0.25, 0.3) is 11.3 Å². The number of hydrogen-bond donors (Lipinski definition) is 2. The summed E-state index contributed by atoms with van der Waals surface area (Å²) in [5, 5.41) is 11.0. The molecule has 0 spiro atoms. The lowest BCUT2D eigenvalue weighted by molar-refractivity contribution is 0.416. The van der Waals surface area contributed by atoms with Gasteiger partial charge in [-0.25, -0.2) is 0 Å². The number of para-hydroxylation sites is 1. The van der Waals surface area contributed by atoms with Gasteiger partial charge in [0.05, 0.1) is 18.5 Å². The van der Waals surface area contributed by atoms with E-state index in [2.05, 4.69) is 21.6 Å². The number of rotatable bonds is 3. The molecule has 0 aliphatic carbocycles. The Morgan fingerprint density at radius 2 is 2.22 bits per heavy atom. The predicted molar refractivity (Wildman–Crippen MR) is 70.6 cm³/mol. The monoisotopic (exact) mass is 243 g/mol. The lowest BCUT2D eigenvalue weighted by Gasteiger charge is -2.06. The number of aromatic nitrogens is 2.